The first-order valence-electron chi connectivity index (χ1n) is 9.93. The van der Waals surface area contributed by atoms with Crippen LogP contribution in [0, 0.1) is 5.41 Å². The van der Waals surface area contributed by atoms with Gasteiger partial charge in [0.25, 0.3) is 5.91 Å². The van der Waals surface area contributed by atoms with Crippen molar-refractivity contribution in [3.05, 3.63) is 35.9 Å². The van der Waals surface area contributed by atoms with E-state index in [1.54, 1.807) is 19.4 Å². The molecule has 1 unspecified atom stereocenters. The third-order valence-corrected chi connectivity index (χ3v) is 5.22. The van der Waals surface area contributed by atoms with Crippen molar-refractivity contribution in [1.29, 1.82) is 0 Å². The number of fused-ring (bicyclic) bond motifs is 1. The van der Waals surface area contributed by atoms with Gasteiger partial charge in [0.15, 0.2) is 5.69 Å². The number of nitrogens with one attached hydrogen (secondary N) is 2. The number of aromatic nitrogens is 3. The Morgan fingerprint density at radius 3 is 2.48 bits per heavy atom. The molecular weight excluding hydrogens is 368 g/mol. The zero-order chi connectivity index (χ0) is 21.2. The van der Waals surface area contributed by atoms with E-state index in [2.05, 4.69) is 25.1 Å². The van der Waals surface area contributed by atoms with E-state index in [0.29, 0.717) is 12.2 Å². The van der Waals surface area contributed by atoms with Gasteiger partial charge >= 0.3 is 0 Å². The monoisotopic (exact) mass is 398 g/mol. The molecule has 2 N–H and O–H groups in total. The summed E-state index contributed by atoms with van der Waals surface area (Å²) < 4.78 is 2.12. The van der Waals surface area contributed by atoms with Gasteiger partial charge in [-0.1, -0.05) is 20.8 Å². The Bertz CT molecular complexity index is 885. The summed E-state index contributed by atoms with van der Waals surface area (Å²) >= 11 is 0. The van der Waals surface area contributed by atoms with Crippen LogP contribution in [0.5, 0.6) is 0 Å². The molecule has 0 fully saturated rings. The maximum absolute atomic E-state index is 13.3. The van der Waals surface area contributed by atoms with E-state index < -0.39 is 11.5 Å². The second-order valence-corrected chi connectivity index (χ2v) is 8.60. The first-order valence-corrected chi connectivity index (χ1v) is 9.93. The molecule has 156 valence electrons. The number of carbonyl (C=O) groups is 2. The molecule has 0 aromatic carbocycles. The average molecular weight is 399 g/mol. The minimum Gasteiger partial charge on any atom is -0.357 e. The quantitative estimate of drug-likeness (QED) is 0.817. The summed E-state index contributed by atoms with van der Waals surface area (Å²) in [6, 6.07) is 3.13. The molecular formula is C21H30N6O2. The Morgan fingerprint density at radius 2 is 1.86 bits per heavy atom. The van der Waals surface area contributed by atoms with E-state index in [4.69, 9.17) is 4.98 Å². The fraction of sp³-hybridized carbons (Fsp3) is 0.524. The molecule has 0 saturated carbocycles. The molecule has 0 radical (unpaired) electrons. The number of hydrogen-bond acceptors (Lipinski definition) is 5. The molecule has 0 spiro atoms. The Labute approximate surface area is 171 Å². The van der Waals surface area contributed by atoms with Crippen molar-refractivity contribution in [2.45, 2.75) is 46.3 Å². The SMILES string of the molecule is CNC(=O)C(NC(=O)c1nc(-c2ccncc2)n2c1CN(C)CCC2)C(C)(C)C. The third-order valence-electron chi connectivity index (χ3n) is 5.22. The molecule has 3 rings (SSSR count). The van der Waals surface area contributed by atoms with Gasteiger partial charge in [-0.15, -0.1) is 0 Å². The van der Waals surface area contributed by atoms with Gasteiger partial charge < -0.3 is 20.1 Å². The highest BCUT2D eigenvalue weighted by Gasteiger charge is 2.34. The summed E-state index contributed by atoms with van der Waals surface area (Å²) in [5.41, 5.74) is 1.74. The molecule has 1 atom stereocenters. The van der Waals surface area contributed by atoms with Crippen LogP contribution in [0.15, 0.2) is 24.5 Å². The van der Waals surface area contributed by atoms with E-state index in [9.17, 15) is 9.59 Å². The van der Waals surface area contributed by atoms with Gasteiger partial charge in [0.05, 0.1) is 5.69 Å². The highest BCUT2D eigenvalue weighted by Crippen LogP contribution is 2.26. The van der Waals surface area contributed by atoms with Crippen LogP contribution in [0.25, 0.3) is 11.4 Å². The molecule has 8 heteroatoms. The predicted molar refractivity (Wildman–Crippen MR) is 111 cm³/mol. The van der Waals surface area contributed by atoms with Gasteiger partial charge in [-0.2, -0.15) is 0 Å². The molecule has 2 amide bonds. The van der Waals surface area contributed by atoms with Crippen LogP contribution in [0.1, 0.15) is 43.4 Å². The van der Waals surface area contributed by atoms with Crippen LogP contribution in [-0.2, 0) is 17.9 Å². The zero-order valence-corrected chi connectivity index (χ0v) is 17.8. The normalized spacial score (nSPS) is 15.9. The molecule has 29 heavy (non-hydrogen) atoms. The van der Waals surface area contributed by atoms with Crippen molar-refractivity contribution in [2.75, 3.05) is 20.6 Å². The molecule has 2 aromatic rings. The summed E-state index contributed by atoms with van der Waals surface area (Å²) in [5.74, 6) is 0.214. The highest BCUT2D eigenvalue weighted by molar-refractivity contribution is 5.97. The summed E-state index contributed by atoms with van der Waals surface area (Å²) in [6.45, 7) is 8.14. The van der Waals surface area contributed by atoms with Gasteiger partial charge in [-0.25, -0.2) is 4.98 Å². The number of pyridine rings is 1. The van der Waals surface area contributed by atoms with Crippen molar-refractivity contribution >= 4 is 11.8 Å². The van der Waals surface area contributed by atoms with Gasteiger partial charge in [-0.3, -0.25) is 14.6 Å². The van der Waals surface area contributed by atoms with Gasteiger partial charge in [0.1, 0.15) is 11.9 Å². The standard InChI is InChI=1S/C21H30N6O2/c1-21(2,3)17(20(29)22-4)25-19(28)16-15-13-26(5)11-6-12-27(15)18(24-16)14-7-9-23-10-8-14/h7-10,17H,6,11-13H2,1-5H3,(H,22,29)(H,25,28). The maximum Gasteiger partial charge on any atom is 0.272 e. The van der Waals surface area contributed by atoms with Gasteiger partial charge in [0.2, 0.25) is 5.91 Å². The second kappa shape index (κ2) is 8.32. The lowest BCUT2D eigenvalue weighted by atomic mass is 9.86. The molecule has 2 aromatic heterocycles. The molecule has 0 saturated heterocycles. The Balaban J connectivity index is 2.03. The van der Waals surface area contributed by atoms with Crippen molar-refractivity contribution < 1.29 is 9.59 Å². The Morgan fingerprint density at radius 1 is 1.17 bits per heavy atom. The van der Waals surface area contributed by atoms with Crippen molar-refractivity contribution in [3.63, 3.8) is 0 Å². The van der Waals surface area contributed by atoms with Crippen molar-refractivity contribution in [3.8, 4) is 11.4 Å². The summed E-state index contributed by atoms with van der Waals surface area (Å²) in [5, 5.41) is 5.56. The Kier molecular flexibility index (Phi) is 6.02. The number of imidazole rings is 1. The lowest BCUT2D eigenvalue weighted by Crippen LogP contribution is -2.53. The van der Waals surface area contributed by atoms with Crippen molar-refractivity contribution in [1.82, 2.24) is 30.1 Å². The zero-order valence-electron chi connectivity index (χ0n) is 17.8. The minimum atomic E-state index is -0.662. The van der Waals surface area contributed by atoms with Crippen LogP contribution < -0.4 is 10.6 Å². The summed E-state index contributed by atoms with van der Waals surface area (Å²) in [4.78, 5) is 36.6. The lowest BCUT2D eigenvalue weighted by molar-refractivity contribution is -0.124. The van der Waals surface area contributed by atoms with Gasteiger partial charge in [-0.05, 0) is 37.6 Å². The van der Waals surface area contributed by atoms with Crippen molar-refractivity contribution in [2.24, 2.45) is 5.41 Å². The summed E-state index contributed by atoms with van der Waals surface area (Å²) in [6.07, 6.45) is 4.42. The molecule has 1 aliphatic rings. The molecule has 8 nitrogen and oxygen atoms in total. The number of hydrogen-bond donors (Lipinski definition) is 2. The first-order chi connectivity index (χ1) is 13.7. The topological polar surface area (TPSA) is 92.1 Å². The van der Waals surface area contributed by atoms with Crippen LogP contribution in [0.4, 0.5) is 0 Å². The van der Waals surface area contributed by atoms with Crippen LogP contribution >= 0.6 is 0 Å². The van der Waals surface area contributed by atoms with E-state index in [-0.39, 0.29) is 11.8 Å². The number of nitrogens with zero attached hydrogens (tertiary/aromatic N) is 4. The average Bonchev–Trinajstić information content (AvgIpc) is 2.92. The number of amides is 2. The lowest BCUT2D eigenvalue weighted by Gasteiger charge is -2.29. The fourth-order valence-electron chi connectivity index (χ4n) is 3.64. The van der Waals surface area contributed by atoms with E-state index in [1.165, 1.54) is 0 Å². The molecule has 0 aliphatic carbocycles. The minimum absolute atomic E-state index is 0.220. The predicted octanol–water partition coefficient (Wildman–Crippen LogP) is 1.67. The largest absolute Gasteiger partial charge is 0.357 e. The smallest absolute Gasteiger partial charge is 0.272 e. The second-order valence-electron chi connectivity index (χ2n) is 8.60. The van der Waals surface area contributed by atoms with E-state index >= 15 is 0 Å². The first kappa shape index (κ1) is 21.0. The summed E-state index contributed by atoms with van der Waals surface area (Å²) in [7, 11) is 3.62. The third kappa shape index (κ3) is 4.48. The number of rotatable bonds is 4. The fourth-order valence-corrected chi connectivity index (χ4v) is 3.64. The number of carbonyl (C=O) groups excluding carboxylic acids is 2. The molecule has 3 heterocycles. The van der Waals surface area contributed by atoms with Crippen LogP contribution in [0.2, 0.25) is 0 Å². The van der Waals surface area contributed by atoms with E-state index in [0.717, 1.165) is 36.6 Å². The Hall–Kier alpha value is -2.74. The van der Waals surface area contributed by atoms with Crippen LogP contribution in [0.3, 0.4) is 0 Å². The highest BCUT2D eigenvalue weighted by atomic mass is 16.2. The maximum atomic E-state index is 13.3. The molecule has 1 aliphatic heterocycles. The van der Waals surface area contributed by atoms with Crippen LogP contribution in [-0.4, -0.2) is 57.9 Å². The van der Waals surface area contributed by atoms with E-state index in [1.807, 2.05) is 40.0 Å². The number of likely N-dealkylation sites (N-methyl/N-ethyl adjacent to an activating group) is 1. The molecule has 0 bridgehead atoms. The van der Waals surface area contributed by atoms with Gasteiger partial charge in [0, 0.05) is 38.1 Å².